The lowest BCUT2D eigenvalue weighted by atomic mass is 9.93. The van der Waals surface area contributed by atoms with Gasteiger partial charge in [0.1, 0.15) is 0 Å². The number of rotatable bonds is 3. The first-order valence-corrected chi connectivity index (χ1v) is 4.55. The van der Waals surface area contributed by atoms with Gasteiger partial charge in [0.05, 0.1) is 0 Å². The molecule has 1 aromatic rings. The standard InChI is InChI=1S/C10H16N2O/c1-7(2)8(3)9(13)10-11-5-6-12(10)4/h5-8H,1-4H3. The van der Waals surface area contributed by atoms with E-state index in [1.807, 2.05) is 27.8 Å². The molecular weight excluding hydrogens is 164 g/mol. The number of nitrogens with zero attached hydrogens (tertiary/aromatic N) is 2. The van der Waals surface area contributed by atoms with E-state index in [9.17, 15) is 4.79 Å². The minimum Gasteiger partial charge on any atom is -0.332 e. The van der Waals surface area contributed by atoms with Crippen LogP contribution in [0.15, 0.2) is 12.4 Å². The third-order valence-corrected chi connectivity index (χ3v) is 2.46. The van der Waals surface area contributed by atoms with Crippen LogP contribution in [0, 0.1) is 11.8 Å². The highest BCUT2D eigenvalue weighted by molar-refractivity contribution is 5.94. The minimum absolute atomic E-state index is 0.0427. The normalized spacial score (nSPS) is 13.3. The van der Waals surface area contributed by atoms with E-state index >= 15 is 0 Å². The molecule has 72 valence electrons. The SMILES string of the molecule is CC(C)C(C)C(=O)c1nccn1C. The zero-order chi connectivity index (χ0) is 10.0. The van der Waals surface area contributed by atoms with Gasteiger partial charge in [0.2, 0.25) is 5.78 Å². The minimum atomic E-state index is 0.0427. The number of hydrogen-bond acceptors (Lipinski definition) is 2. The Morgan fingerprint density at radius 1 is 1.46 bits per heavy atom. The number of aromatic nitrogens is 2. The van der Waals surface area contributed by atoms with Gasteiger partial charge in [-0.3, -0.25) is 4.79 Å². The molecule has 0 saturated carbocycles. The average molecular weight is 180 g/mol. The van der Waals surface area contributed by atoms with Crippen molar-refractivity contribution in [3.63, 3.8) is 0 Å². The van der Waals surface area contributed by atoms with Crippen molar-refractivity contribution in [2.24, 2.45) is 18.9 Å². The van der Waals surface area contributed by atoms with Gasteiger partial charge in [0.15, 0.2) is 5.82 Å². The van der Waals surface area contributed by atoms with Crippen LogP contribution in [-0.4, -0.2) is 15.3 Å². The van der Waals surface area contributed by atoms with Gasteiger partial charge in [0.25, 0.3) is 0 Å². The van der Waals surface area contributed by atoms with Crippen LogP contribution in [-0.2, 0) is 7.05 Å². The monoisotopic (exact) mass is 180 g/mol. The van der Waals surface area contributed by atoms with Crippen molar-refractivity contribution in [1.29, 1.82) is 0 Å². The fourth-order valence-corrected chi connectivity index (χ4v) is 1.11. The summed E-state index contributed by atoms with van der Waals surface area (Å²) in [6.45, 7) is 6.04. The highest BCUT2D eigenvalue weighted by Gasteiger charge is 2.21. The average Bonchev–Trinajstić information content (AvgIpc) is 2.48. The number of ketones is 1. The summed E-state index contributed by atoms with van der Waals surface area (Å²) in [5.74, 6) is 1.09. The Morgan fingerprint density at radius 3 is 2.46 bits per heavy atom. The Bertz CT molecular complexity index is 302. The molecule has 1 heterocycles. The van der Waals surface area contributed by atoms with Crippen LogP contribution in [0.25, 0.3) is 0 Å². The van der Waals surface area contributed by atoms with Gasteiger partial charge in [-0.25, -0.2) is 4.98 Å². The third kappa shape index (κ3) is 1.97. The molecule has 0 fully saturated rings. The molecule has 3 nitrogen and oxygen atoms in total. The van der Waals surface area contributed by atoms with Crippen LogP contribution < -0.4 is 0 Å². The van der Waals surface area contributed by atoms with E-state index in [4.69, 9.17) is 0 Å². The first-order chi connectivity index (χ1) is 6.04. The molecule has 0 aliphatic heterocycles. The summed E-state index contributed by atoms with van der Waals surface area (Å²) in [4.78, 5) is 15.8. The van der Waals surface area contributed by atoms with Crippen molar-refractivity contribution in [3.05, 3.63) is 18.2 Å². The first kappa shape index (κ1) is 9.96. The fourth-order valence-electron chi connectivity index (χ4n) is 1.11. The van der Waals surface area contributed by atoms with Crippen molar-refractivity contribution in [3.8, 4) is 0 Å². The van der Waals surface area contributed by atoms with Gasteiger partial charge in [-0.05, 0) is 5.92 Å². The zero-order valence-corrected chi connectivity index (χ0v) is 8.61. The van der Waals surface area contributed by atoms with Crippen molar-refractivity contribution < 1.29 is 4.79 Å². The lowest BCUT2D eigenvalue weighted by molar-refractivity contribution is 0.0885. The number of hydrogen-bond donors (Lipinski definition) is 0. The molecule has 0 bridgehead atoms. The number of carbonyl (C=O) groups is 1. The molecule has 1 unspecified atom stereocenters. The maximum atomic E-state index is 11.8. The zero-order valence-electron chi connectivity index (χ0n) is 8.61. The molecule has 3 heteroatoms. The van der Waals surface area contributed by atoms with Gasteiger partial charge in [0, 0.05) is 25.4 Å². The van der Waals surface area contributed by atoms with Gasteiger partial charge in [-0.1, -0.05) is 20.8 Å². The molecule has 0 spiro atoms. The molecule has 0 aromatic carbocycles. The molecule has 13 heavy (non-hydrogen) atoms. The Morgan fingerprint density at radius 2 is 2.08 bits per heavy atom. The predicted molar refractivity (Wildman–Crippen MR) is 51.5 cm³/mol. The second-order valence-electron chi connectivity index (χ2n) is 3.76. The van der Waals surface area contributed by atoms with E-state index in [0.29, 0.717) is 11.7 Å². The number of Topliss-reactive ketones (excluding diaryl/α,β-unsaturated/α-hetero) is 1. The van der Waals surface area contributed by atoms with Gasteiger partial charge in [-0.2, -0.15) is 0 Å². The van der Waals surface area contributed by atoms with Gasteiger partial charge >= 0.3 is 0 Å². The summed E-state index contributed by atoms with van der Waals surface area (Å²) in [5.41, 5.74) is 0. The second kappa shape index (κ2) is 3.73. The lowest BCUT2D eigenvalue weighted by Crippen LogP contribution is -2.20. The molecular formula is C10H16N2O. The number of carbonyl (C=O) groups excluding carboxylic acids is 1. The fraction of sp³-hybridized carbons (Fsp3) is 0.600. The van der Waals surface area contributed by atoms with Crippen LogP contribution in [0.4, 0.5) is 0 Å². The summed E-state index contributed by atoms with van der Waals surface area (Å²) >= 11 is 0. The van der Waals surface area contributed by atoms with Crippen LogP contribution in [0.5, 0.6) is 0 Å². The predicted octanol–water partition coefficient (Wildman–Crippen LogP) is 1.89. The topological polar surface area (TPSA) is 34.9 Å². The maximum Gasteiger partial charge on any atom is 0.201 e. The molecule has 0 aliphatic carbocycles. The number of aryl methyl sites for hydroxylation is 1. The maximum absolute atomic E-state index is 11.8. The molecule has 0 N–H and O–H groups in total. The van der Waals surface area contributed by atoms with Crippen LogP contribution in [0.1, 0.15) is 31.4 Å². The third-order valence-electron chi connectivity index (χ3n) is 2.46. The van der Waals surface area contributed by atoms with Gasteiger partial charge in [-0.15, -0.1) is 0 Å². The Kier molecular flexibility index (Phi) is 2.86. The summed E-state index contributed by atoms with van der Waals surface area (Å²) in [7, 11) is 1.84. The Labute approximate surface area is 78.8 Å². The van der Waals surface area contributed by atoms with Crippen molar-refractivity contribution >= 4 is 5.78 Å². The second-order valence-corrected chi connectivity index (χ2v) is 3.76. The Balaban J connectivity index is 2.86. The molecule has 1 atom stereocenters. The van der Waals surface area contributed by atoms with Crippen molar-refractivity contribution in [2.75, 3.05) is 0 Å². The molecule has 0 aliphatic rings. The first-order valence-electron chi connectivity index (χ1n) is 4.55. The summed E-state index contributed by atoms with van der Waals surface area (Å²) in [6.07, 6.45) is 3.44. The van der Waals surface area contributed by atoms with Crippen LogP contribution in [0.3, 0.4) is 0 Å². The lowest BCUT2D eigenvalue weighted by Gasteiger charge is -2.13. The molecule has 1 rings (SSSR count). The van der Waals surface area contributed by atoms with Crippen molar-refractivity contribution in [2.45, 2.75) is 20.8 Å². The van der Waals surface area contributed by atoms with Crippen molar-refractivity contribution in [1.82, 2.24) is 9.55 Å². The number of imidazole rings is 1. The van der Waals surface area contributed by atoms with E-state index in [1.165, 1.54) is 0 Å². The summed E-state index contributed by atoms with van der Waals surface area (Å²) < 4.78 is 1.77. The highest BCUT2D eigenvalue weighted by Crippen LogP contribution is 2.14. The Hall–Kier alpha value is -1.12. The van der Waals surface area contributed by atoms with E-state index in [-0.39, 0.29) is 11.7 Å². The molecule has 0 amide bonds. The molecule has 0 saturated heterocycles. The molecule has 0 radical (unpaired) electrons. The molecule has 1 aromatic heterocycles. The highest BCUT2D eigenvalue weighted by atomic mass is 16.1. The van der Waals surface area contributed by atoms with E-state index in [1.54, 1.807) is 17.0 Å². The summed E-state index contributed by atoms with van der Waals surface area (Å²) in [6, 6.07) is 0. The van der Waals surface area contributed by atoms with E-state index in [0.717, 1.165) is 0 Å². The van der Waals surface area contributed by atoms with E-state index in [2.05, 4.69) is 4.98 Å². The van der Waals surface area contributed by atoms with E-state index < -0.39 is 0 Å². The smallest absolute Gasteiger partial charge is 0.201 e. The quantitative estimate of drug-likeness (QED) is 0.666. The van der Waals surface area contributed by atoms with Gasteiger partial charge < -0.3 is 4.57 Å². The largest absolute Gasteiger partial charge is 0.332 e. The summed E-state index contributed by atoms with van der Waals surface area (Å²) in [5, 5.41) is 0. The van der Waals surface area contributed by atoms with Crippen LogP contribution >= 0.6 is 0 Å². The van der Waals surface area contributed by atoms with Crippen LogP contribution in [0.2, 0.25) is 0 Å².